The number of para-hydroxylation sites is 1. The Bertz CT molecular complexity index is 1190. The Morgan fingerprint density at radius 2 is 1.87 bits per heavy atom. The standard InChI is InChI=1S/C24H28N4OS/c1-5-27(6-2)11-12-28(23(29)19-15-25-20-10-8-7-9-18(19)20)24-26-22-17(4)13-16(3)14-21(22)30-24/h7-10,13-15,25H,5-6,11-12H2,1-4H3. The van der Waals surface area contributed by atoms with E-state index in [0.29, 0.717) is 12.1 Å². The smallest absolute Gasteiger partial charge is 0.262 e. The van der Waals surface area contributed by atoms with E-state index in [1.807, 2.05) is 35.4 Å². The molecule has 0 aliphatic carbocycles. The van der Waals surface area contributed by atoms with Gasteiger partial charge in [-0.05, 0) is 50.2 Å². The lowest BCUT2D eigenvalue weighted by Gasteiger charge is -2.24. The van der Waals surface area contributed by atoms with Gasteiger partial charge in [0.25, 0.3) is 5.91 Å². The molecule has 0 bridgehead atoms. The van der Waals surface area contributed by atoms with Crippen LogP contribution in [0.5, 0.6) is 0 Å². The fourth-order valence-electron chi connectivity index (χ4n) is 3.93. The number of carbonyl (C=O) groups excluding carboxylic acids is 1. The van der Waals surface area contributed by atoms with Gasteiger partial charge in [0, 0.05) is 30.2 Å². The molecule has 5 nitrogen and oxygen atoms in total. The number of aromatic nitrogens is 2. The summed E-state index contributed by atoms with van der Waals surface area (Å²) in [5.41, 5.74) is 5.02. The molecule has 156 valence electrons. The molecule has 0 aliphatic heterocycles. The van der Waals surface area contributed by atoms with E-state index in [0.717, 1.165) is 51.4 Å². The van der Waals surface area contributed by atoms with E-state index in [2.05, 4.69) is 49.7 Å². The molecule has 2 aromatic heterocycles. The largest absolute Gasteiger partial charge is 0.360 e. The lowest BCUT2D eigenvalue weighted by Crippen LogP contribution is -2.38. The molecule has 2 heterocycles. The highest BCUT2D eigenvalue weighted by Crippen LogP contribution is 2.33. The second-order valence-electron chi connectivity index (χ2n) is 7.66. The van der Waals surface area contributed by atoms with Crippen LogP contribution in [0.3, 0.4) is 0 Å². The third-order valence-corrected chi connectivity index (χ3v) is 6.67. The molecule has 0 fully saturated rings. The first kappa shape index (κ1) is 20.6. The van der Waals surface area contributed by atoms with Gasteiger partial charge in [0.1, 0.15) is 0 Å². The minimum atomic E-state index is -0.00645. The first-order valence-corrected chi connectivity index (χ1v) is 11.3. The van der Waals surface area contributed by atoms with E-state index in [9.17, 15) is 4.79 Å². The molecule has 1 N–H and O–H groups in total. The molecule has 0 unspecified atom stereocenters. The lowest BCUT2D eigenvalue weighted by atomic mass is 10.1. The number of likely N-dealkylation sites (N-methyl/N-ethyl adjacent to an activating group) is 1. The molecule has 0 saturated heterocycles. The number of aromatic amines is 1. The zero-order chi connectivity index (χ0) is 21.3. The van der Waals surface area contributed by atoms with Gasteiger partial charge in [-0.25, -0.2) is 4.98 Å². The van der Waals surface area contributed by atoms with E-state index in [1.54, 1.807) is 11.3 Å². The number of hydrogen-bond acceptors (Lipinski definition) is 4. The van der Waals surface area contributed by atoms with Gasteiger partial charge in [-0.2, -0.15) is 0 Å². The van der Waals surface area contributed by atoms with Crippen molar-refractivity contribution in [2.24, 2.45) is 0 Å². The summed E-state index contributed by atoms with van der Waals surface area (Å²) in [4.78, 5) is 26.0. The van der Waals surface area contributed by atoms with Crippen molar-refractivity contribution in [3.63, 3.8) is 0 Å². The van der Waals surface area contributed by atoms with Crippen molar-refractivity contribution in [2.75, 3.05) is 31.1 Å². The van der Waals surface area contributed by atoms with Gasteiger partial charge in [0.05, 0.1) is 15.8 Å². The van der Waals surface area contributed by atoms with Gasteiger partial charge >= 0.3 is 0 Å². The summed E-state index contributed by atoms with van der Waals surface area (Å²) in [6, 6.07) is 12.2. The monoisotopic (exact) mass is 420 g/mol. The molecule has 1 amide bonds. The molecular formula is C24H28N4OS. The number of benzene rings is 2. The highest BCUT2D eigenvalue weighted by molar-refractivity contribution is 7.22. The van der Waals surface area contributed by atoms with E-state index < -0.39 is 0 Å². The minimum Gasteiger partial charge on any atom is -0.360 e. The Morgan fingerprint density at radius 1 is 1.10 bits per heavy atom. The van der Waals surface area contributed by atoms with Gasteiger partial charge in [0.2, 0.25) is 0 Å². The average Bonchev–Trinajstić information content (AvgIpc) is 3.35. The second kappa shape index (κ2) is 8.58. The van der Waals surface area contributed by atoms with Gasteiger partial charge < -0.3 is 9.88 Å². The predicted molar refractivity (Wildman–Crippen MR) is 127 cm³/mol. The summed E-state index contributed by atoms with van der Waals surface area (Å²) in [7, 11) is 0. The molecule has 0 aliphatic rings. The Labute approximate surface area is 181 Å². The predicted octanol–water partition coefficient (Wildman–Crippen LogP) is 5.38. The fourth-order valence-corrected chi connectivity index (χ4v) is 5.10. The molecule has 4 aromatic rings. The molecule has 2 aromatic carbocycles. The third-order valence-electron chi connectivity index (χ3n) is 5.65. The van der Waals surface area contributed by atoms with Crippen LogP contribution >= 0.6 is 11.3 Å². The van der Waals surface area contributed by atoms with Crippen molar-refractivity contribution in [1.29, 1.82) is 0 Å². The number of hydrogen-bond donors (Lipinski definition) is 1. The number of H-pyrrole nitrogens is 1. The number of nitrogens with zero attached hydrogens (tertiary/aromatic N) is 3. The molecule has 0 saturated carbocycles. The SMILES string of the molecule is CCN(CC)CCN(C(=O)c1c[nH]c2ccccc12)c1nc2c(C)cc(C)cc2s1. The molecule has 0 spiro atoms. The van der Waals surface area contributed by atoms with Gasteiger partial charge in [0.15, 0.2) is 5.13 Å². The van der Waals surface area contributed by atoms with Crippen molar-refractivity contribution in [1.82, 2.24) is 14.9 Å². The van der Waals surface area contributed by atoms with E-state index >= 15 is 0 Å². The molecule has 4 rings (SSSR count). The molecule has 0 radical (unpaired) electrons. The Hall–Kier alpha value is -2.70. The van der Waals surface area contributed by atoms with Crippen LogP contribution < -0.4 is 4.90 Å². The number of nitrogens with one attached hydrogen (secondary N) is 1. The van der Waals surface area contributed by atoms with Crippen molar-refractivity contribution < 1.29 is 4.79 Å². The number of aryl methyl sites for hydroxylation is 2. The van der Waals surface area contributed by atoms with Crippen molar-refractivity contribution in [3.05, 3.63) is 59.3 Å². The van der Waals surface area contributed by atoms with Crippen molar-refractivity contribution >= 4 is 43.5 Å². The Balaban J connectivity index is 1.76. The second-order valence-corrected chi connectivity index (χ2v) is 8.67. The van der Waals surface area contributed by atoms with Gasteiger partial charge in [-0.3, -0.25) is 9.69 Å². The molecular weight excluding hydrogens is 392 g/mol. The first-order chi connectivity index (χ1) is 14.5. The maximum atomic E-state index is 13.7. The Kier molecular flexibility index (Phi) is 5.88. The summed E-state index contributed by atoms with van der Waals surface area (Å²) in [5, 5.41) is 1.71. The topological polar surface area (TPSA) is 52.2 Å². The molecule has 6 heteroatoms. The summed E-state index contributed by atoms with van der Waals surface area (Å²) >= 11 is 1.60. The zero-order valence-corrected chi connectivity index (χ0v) is 18.8. The minimum absolute atomic E-state index is 0.00645. The number of carbonyl (C=O) groups is 1. The maximum absolute atomic E-state index is 13.7. The summed E-state index contributed by atoms with van der Waals surface area (Å²) in [5.74, 6) is -0.00645. The van der Waals surface area contributed by atoms with Crippen LogP contribution in [0.25, 0.3) is 21.1 Å². The zero-order valence-electron chi connectivity index (χ0n) is 18.0. The normalized spacial score (nSPS) is 11.6. The summed E-state index contributed by atoms with van der Waals surface area (Å²) in [6.45, 7) is 11.8. The van der Waals surface area contributed by atoms with E-state index in [4.69, 9.17) is 4.98 Å². The quantitative estimate of drug-likeness (QED) is 0.436. The van der Waals surface area contributed by atoms with Crippen molar-refractivity contribution in [2.45, 2.75) is 27.7 Å². The molecule has 30 heavy (non-hydrogen) atoms. The third kappa shape index (κ3) is 3.85. The lowest BCUT2D eigenvalue weighted by molar-refractivity contribution is 0.0985. The number of anilines is 1. The summed E-state index contributed by atoms with van der Waals surface area (Å²) in [6.07, 6.45) is 1.82. The maximum Gasteiger partial charge on any atom is 0.262 e. The molecule has 0 atom stereocenters. The van der Waals surface area contributed by atoms with Crippen LogP contribution in [-0.2, 0) is 0 Å². The number of rotatable bonds is 7. The van der Waals surface area contributed by atoms with Crippen molar-refractivity contribution in [3.8, 4) is 0 Å². The van der Waals surface area contributed by atoms with Gasteiger partial charge in [-0.15, -0.1) is 0 Å². The summed E-state index contributed by atoms with van der Waals surface area (Å²) < 4.78 is 1.13. The van der Waals surface area contributed by atoms with Crippen LogP contribution in [0, 0.1) is 13.8 Å². The fraction of sp³-hybridized carbons (Fsp3) is 0.333. The Morgan fingerprint density at radius 3 is 2.63 bits per heavy atom. The highest BCUT2D eigenvalue weighted by atomic mass is 32.1. The first-order valence-electron chi connectivity index (χ1n) is 10.5. The van der Waals surface area contributed by atoms with Crippen LogP contribution in [0.2, 0.25) is 0 Å². The highest BCUT2D eigenvalue weighted by Gasteiger charge is 2.24. The number of thiazole rings is 1. The van der Waals surface area contributed by atoms with Gasteiger partial charge in [-0.1, -0.05) is 49.4 Å². The number of fused-ring (bicyclic) bond motifs is 2. The average molecular weight is 421 g/mol. The van der Waals surface area contributed by atoms with Crippen LogP contribution in [0.4, 0.5) is 5.13 Å². The van der Waals surface area contributed by atoms with E-state index in [-0.39, 0.29) is 5.91 Å². The van der Waals surface area contributed by atoms with Crippen LogP contribution in [-0.4, -0.2) is 47.0 Å². The van der Waals surface area contributed by atoms with Crippen LogP contribution in [0.15, 0.2) is 42.6 Å². The van der Waals surface area contributed by atoms with Crippen LogP contribution in [0.1, 0.15) is 35.3 Å². The number of amides is 1. The van der Waals surface area contributed by atoms with E-state index in [1.165, 1.54) is 5.56 Å².